The Hall–Kier alpha value is -1.18. The molecule has 6 nitrogen and oxygen atoms in total. The molecule has 0 unspecified atom stereocenters. The standard InChI is InChI=1S/C14H25N3O3S/c1-5-8-15-13-7-6-9-16-14(13)21(18,19)17(12(2)3)10-11-20-4/h6-7,9,12,15H,5,8,10-11H2,1-4H3. The molecule has 0 spiro atoms. The number of sulfonamides is 1. The first kappa shape index (κ1) is 17.9. The van der Waals surface area contributed by atoms with E-state index in [4.69, 9.17) is 4.74 Å². The lowest BCUT2D eigenvalue weighted by molar-refractivity contribution is 0.170. The van der Waals surface area contributed by atoms with E-state index in [1.165, 1.54) is 10.5 Å². The largest absolute Gasteiger partial charge is 0.383 e. The zero-order valence-corrected chi connectivity index (χ0v) is 14.0. The Morgan fingerprint density at radius 3 is 2.71 bits per heavy atom. The van der Waals surface area contributed by atoms with Crippen molar-refractivity contribution in [2.75, 3.05) is 32.1 Å². The molecule has 0 amide bonds. The predicted molar refractivity (Wildman–Crippen MR) is 83.9 cm³/mol. The van der Waals surface area contributed by atoms with Gasteiger partial charge in [-0.25, -0.2) is 13.4 Å². The zero-order chi connectivity index (χ0) is 15.9. The van der Waals surface area contributed by atoms with E-state index >= 15 is 0 Å². The van der Waals surface area contributed by atoms with Crippen molar-refractivity contribution in [2.45, 2.75) is 38.3 Å². The highest BCUT2D eigenvalue weighted by Gasteiger charge is 2.30. The summed E-state index contributed by atoms with van der Waals surface area (Å²) in [5, 5.41) is 3.19. The molecule has 0 bridgehead atoms. The second kappa shape index (κ2) is 8.31. The molecule has 0 atom stereocenters. The quantitative estimate of drug-likeness (QED) is 0.754. The maximum absolute atomic E-state index is 12.8. The molecule has 0 aromatic carbocycles. The summed E-state index contributed by atoms with van der Waals surface area (Å²) in [4.78, 5) is 4.08. The van der Waals surface area contributed by atoms with Crippen LogP contribution in [0.25, 0.3) is 0 Å². The Labute approximate surface area is 127 Å². The number of nitrogens with zero attached hydrogens (tertiary/aromatic N) is 2. The predicted octanol–water partition coefficient (Wildman–Crippen LogP) is 1.95. The molecular weight excluding hydrogens is 290 g/mol. The summed E-state index contributed by atoms with van der Waals surface area (Å²) in [6, 6.07) is 3.31. The SMILES string of the molecule is CCCNc1cccnc1S(=O)(=O)N(CCOC)C(C)C. The van der Waals surface area contributed by atoms with Crippen LogP contribution in [0, 0.1) is 0 Å². The van der Waals surface area contributed by atoms with Crippen LogP contribution in [0.4, 0.5) is 5.69 Å². The number of hydrogen-bond donors (Lipinski definition) is 1. The van der Waals surface area contributed by atoms with E-state index in [1.54, 1.807) is 19.2 Å². The number of pyridine rings is 1. The van der Waals surface area contributed by atoms with E-state index in [0.29, 0.717) is 25.4 Å². The fourth-order valence-electron chi connectivity index (χ4n) is 1.94. The molecule has 0 aliphatic rings. The summed E-state index contributed by atoms with van der Waals surface area (Å²) in [5.74, 6) is 0. The van der Waals surface area contributed by atoms with Gasteiger partial charge in [0.25, 0.3) is 10.0 Å². The van der Waals surface area contributed by atoms with Crippen LogP contribution in [0.15, 0.2) is 23.4 Å². The van der Waals surface area contributed by atoms with Crippen LogP contribution >= 0.6 is 0 Å². The Morgan fingerprint density at radius 1 is 1.43 bits per heavy atom. The highest BCUT2D eigenvalue weighted by molar-refractivity contribution is 7.89. The molecule has 0 saturated carbocycles. The summed E-state index contributed by atoms with van der Waals surface area (Å²) >= 11 is 0. The third kappa shape index (κ3) is 4.66. The first-order valence-electron chi connectivity index (χ1n) is 7.14. The summed E-state index contributed by atoms with van der Waals surface area (Å²) < 4.78 is 32.1. The molecule has 1 aromatic heterocycles. The molecule has 0 fully saturated rings. The van der Waals surface area contributed by atoms with Gasteiger partial charge in [0.2, 0.25) is 0 Å². The Morgan fingerprint density at radius 2 is 2.14 bits per heavy atom. The van der Waals surface area contributed by atoms with E-state index in [2.05, 4.69) is 10.3 Å². The Balaban J connectivity index is 3.15. The lowest BCUT2D eigenvalue weighted by Gasteiger charge is -2.26. The summed E-state index contributed by atoms with van der Waals surface area (Å²) in [5.41, 5.74) is 0.544. The lowest BCUT2D eigenvalue weighted by Crippen LogP contribution is -2.39. The van der Waals surface area contributed by atoms with Gasteiger partial charge in [-0.2, -0.15) is 4.31 Å². The first-order chi connectivity index (χ1) is 9.95. The molecular formula is C14H25N3O3S. The molecule has 120 valence electrons. The van der Waals surface area contributed by atoms with Gasteiger partial charge in [-0.3, -0.25) is 0 Å². The molecule has 1 rings (SSSR count). The Kier molecular flexibility index (Phi) is 7.07. The molecule has 0 saturated heterocycles. The minimum absolute atomic E-state index is 0.0725. The van der Waals surface area contributed by atoms with E-state index < -0.39 is 10.0 Å². The smallest absolute Gasteiger partial charge is 0.262 e. The fourth-order valence-corrected chi connectivity index (χ4v) is 3.64. The number of ether oxygens (including phenoxy) is 1. The van der Waals surface area contributed by atoms with Crippen LogP contribution in [0.1, 0.15) is 27.2 Å². The molecule has 7 heteroatoms. The van der Waals surface area contributed by atoms with Crippen molar-refractivity contribution in [2.24, 2.45) is 0 Å². The zero-order valence-electron chi connectivity index (χ0n) is 13.2. The van der Waals surface area contributed by atoms with E-state index in [9.17, 15) is 8.42 Å². The van der Waals surface area contributed by atoms with Crippen LogP contribution < -0.4 is 5.32 Å². The number of hydrogen-bond acceptors (Lipinski definition) is 5. The van der Waals surface area contributed by atoms with Crippen LogP contribution in [0.2, 0.25) is 0 Å². The molecule has 1 heterocycles. The maximum atomic E-state index is 12.8. The fraction of sp³-hybridized carbons (Fsp3) is 0.643. The highest BCUT2D eigenvalue weighted by Crippen LogP contribution is 2.23. The normalized spacial score (nSPS) is 12.1. The average molecular weight is 315 g/mol. The second-order valence-corrected chi connectivity index (χ2v) is 6.79. The van der Waals surface area contributed by atoms with Gasteiger partial charge >= 0.3 is 0 Å². The molecule has 0 radical (unpaired) electrons. The average Bonchev–Trinajstić information content (AvgIpc) is 2.45. The summed E-state index contributed by atoms with van der Waals surface area (Å²) in [7, 11) is -2.10. The van der Waals surface area contributed by atoms with Crippen LogP contribution in [0.5, 0.6) is 0 Å². The van der Waals surface area contributed by atoms with Crippen molar-refractivity contribution < 1.29 is 13.2 Å². The van der Waals surface area contributed by atoms with Crippen molar-refractivity contribution >= 4 is 15.7 Å². The first-order valence-corrected chi connectivity index (χ1v) is 8.58. The minimum Gasteiger partial charge on any atom is -0.383 e. The summed E-state index contributed by atoms with van der Waals surface area (Å²) in [6.45, 7) is 7.07. The van der Waals surface area contributed by atoms with E-state index in [0.717, 1.165) is 6.42 Å². The van der Waals surface area contributed by atoms with E-state index in [-0.39, 0.29) is 11.1 Å². The maximum Gasteiger partial charge on any atom is 0.262 e. The van der Waals surface area contributed by atoms with Crippen LogP contribution in [-0.2, 0) is 14.8 Å². The van der Waals surface area contributed by atoms with Crippen molar-refractivity contribution in [3.63, 3.8) is 0 Å². The molecule has 0 aliphatic carbocycles. The number of methoxy groups -OCH3 is 1. The van der Waals surface area contributed by atoms with Gasteiger partial charge in [0.15, 0.2) is 5.03 Å². The van der Waals surface area contributed by atoms with Gasteiger partial charge < -0.3 is 10.1 Å². The third-order valence-electron chi connectivity index (χ3n) is 2.98. The molecule has 0 aliphatic heterocycles. The Bertz CT molecular complexity index is 532. The topological polar surface area (TPSA) is 71.5 Å². The van der Waals surface area contributed by atoms with Crippen LogP contribution in [-0.4, -0.2) is 50.6 Å². The lowest BCUT2D eigenvalue weighted by atomic mass is 10.4. The van der Waals surface area contributed by atoms with Gasteiger partial charge in [0.05, 0.1) is 12.3 Å². The van der Waals surface area contributed by atoms with Gasteiger partial charge in [0.1, 0.15) is 0 Å². The van der Waals surface area contributed by atoms with Gasteiger partial charge in [-0.15, -0.1) is 0 Å². The summed E-state index contributed by atoms with van der Waals surface area (Å²) in [6.07, 6.45) is 2.41. The minimum atomic E-state index is -3.65. The number of aromatic nitrogens is 1. The monoisotopic (exact) mass is 315 g/mol. The van der Waals surface area contributed by atoms with Gasteiger partial charge in [-0.05, 0) is 32.4 Å². The van der Waals surface area contributed by atoms with Gasteiger partial charge in [-0.1, -0.05) is 6.92 Å². The number of nitrogens with one attached hydrogen (secondary N) is 1. The molecule has 1 N–H and O–H groups in total. The van der Waals surface area contributed by atoms with E-state index in [1.807, 2.05) is 20.8 Å². The number of anilines is 1. The van der Waals surface area contributed by atoms with Crippen molar-refractivity contribution in [3.8, 4) is 0 Å². The molecule has 1 aromatic rings. The van der Waals surface area contributed by atoms with Crippen molar-refractivity contribution in [1.29, 1.82) is 0 Å². The number of rotatable bonds is 9. The highest BCUT2D eigenvalue weighted by atomic mass is 32.2. The van der Waals surface area contributed by atoms with Gasteiger partial charge in [0, 0.05) is 32.4 Å². The molecule has 21 heavy (non-hydrogen) atoms. The van der Waals surface area contributed by atoms with Crippen molar-refractivity contribution in [3.05, 3.63) is 18.3 Å². The second-order valence-electron chi connectivity index (χ2n) is 4.99. The van der Waals surface area contributed by atoms with Crippen molar-refractivity contribution in [1.82, 2.24) is 9.29 Å². The van der Waals surface area contributed by atoms with Crippen LogP contribution in [0.3, 0.4) is 0 Å². The third-order valence-corrected chi connectivity index (χ3v) is 5.02.